The second-order valence-corrected chi connectivity index (χ2v) is 7.21. The van der Waals surface area contributed by atoms with E-state index in [-0.39, 0.29) is 5.69 Å². The summed E-state index contributed by atoms with van der Waals surface area (Å²) < 4.78 is 26.0. The van der Waals surface area contributed by atoms with Gasteiger partial charge in [-0.05, 0) is 56.8 Å². The van der Waals surface area contributed by atoms with Crippen molar-refractivity contribution in [3.63, 3.8) is 0 Å². The van der Waals surface area contributed by atoms with Gasteiger partial charge in [0, 0.05) is 24.3 Å². The van der Waals surface area contributed by atoms with Gasteiger partial charge in [-0.3, -0.25) is 9.59 Å². The molecular weight excluding hydrogens is 340 g/mol. The molecule has 7 heteroatoms. The molecule has 1 aromatic rings. The number of nitrogens with zero attached hydrogens (tertiary/aromatic N) is 1. The first kappa shape index (κ1) is 18.8. The van der Waals surface area contributed by atoms with Gasteiger partial charge in [0.25, 0.3) is 0 Å². The Morgan fingerprint density at radius 1 is 1.00 bits per heavy atom. The van der Waals surface area contributed by atoms with Crippen molar-refractivity contribution in [3.8, 4) is 0 Å². The molecule has 2 aliphatic rings. The van der Waals surface area contributed by atoms with E-state index in [0.717, 1.165) is 44.1 Å². The minimum atomic E-state index is -1.07. The molecule has 1 heterocycles. The highest BCUT2D eigenvalue weighted by Gasteiger charge is 2.27. The van der Waals surface area contributed by atoms with Crippen LogP contribution in [0, 0.1) is 17.6 Å². The van der Waals surface area contributed by atoms with Crippen molar-refractivity contribution < 1.29 is 18.4 Å². The zero-order chi connectivity index (χ0) is 18.5. The predicted octanol–water partition coefficient (Wildman–Crippen LogP) is 2.67. The van der Waals surface area contributed by atoms with Gasteiger partial charge in [0.15, 0.2) is 11.6 Å². The fraction of sp³-hybridized carbons (Fsp3) is 0.579. The van der Waals surface area contributed by atoms with Crippen molar-refractivity contribution in [1.82, 2.24) is 10.2 Å². The number of piperidine rings is 1. The van der Waals surface area contributed by atoms with Gasteiger partial charge in [-0.1, -0.05) is 12.8 Å². The molecule has 1 saturated heterocycles. The highest BCUT2D eigenvalue weighted by Crippen LogP contribution is 2.27. The Morgan fingerprint density at radius 2 is 1.69 bits per heavy atom. The molecule has 1 saturated carbocycles. The number of hydrogen-bond donors (Lipinski definition) is 2. The lowest BCUT2D eigenvalue weighted by Gasteiger charge is -2.36. The number of likely N-dealkylation sites (tertiary alicyclic amines) is 1. The number of carbonyl (C=O) groups is 2. The number of nitrogens with one attached hydrogen (secondary N) is 2. The molecule has 1 aliphatic heterocycles. The van der Waals surface area contributed by atoms with Gasteiger partial charge in [0.1, 0.15) is 0 Å². The van der Waals surface area contributed by atoms with E-state index in [1.807, 2.05) is 0 Å². The predicted molar refractivity (Wildman–Crippen MR) is 94.6 cm³/mol. The van der Waals surface area contributed by atoms with E-state index in [1.165, 1.54) is 31.7 Å². The average molecular weight is 365 g/mol. The van der Waals surface area contributed by atoms with Crippen LogP contribution in [0.5, 0.6) is 0 Å². The van der Waals surface area contributed by atoms with Gasteiger partial charge < -0.3 is 15.5 Å². The zero-order valence-corrected chi connectivity index (χ0v) is 14.8. The van der Waals surface area contributed by atoms with Crippen LogP contribution < -0.4 is 10.6 Å². The molecular formula is C19H25F2N3O2. The largest absolute Gasteiger partial charge is 0.348 e. The van der Waals surface area contributed by atoms with E-state index in [0.29, 0.717) is 12.5 Å². The number of rotatable bonds is 4. The zero-order valence-electron chi connectivity index (χ0n) is 14.8. The molecule has 0 radical (unpaired) electrons. The van der Waals surface area contributed by atoms with E-state index in [4.69, 9.17) is 0 Å². The summed E-state index contributed by atoms with van der Waals surface area (Å²) in [6.45, 7) is 2.56. The van der Waals surface area contributed by atoms with Crippen LogP contribution in [0.2, 0.25) is 0 Å². The standard InChI is InChI=1S/C19H25F2N3O2/c20-16-6-5-14(11-17(16)21)23-19(26)18(25)22-12-13-7-9-24(10-8-13)15-3-1-2-4-15/h5-6,11,13,15H,1-4,7-10,12H2,(H,22,25)(H,23,26). The second-order valence-electron chi connectivity index (χ2n) is 7.21. The van der Waals surface area contributed by atoms with Crippen LogP contribution in [0.25, 0.3) is 0 Å². The summed E-state index contributed by atoms with van der Waals surface area (Å²) >= 11 is 0. The summed E-state index contributed by atoms with van der Waals surface area (Å²) in [6, 6.07) is 3.69. The SMILES string of the molecule is O=C(NCC1CCN(C2CCCC2)CC1)C(=O)Nc1ccc(F)c(F)c1. The normalized spacial score (nSPS) is 19.5. The summed E-state index contributed by atoms with van der Waals surface area (Å²) in [5.41, 5.74) is 0.0499. The van der Waals surface area contributed by atoms with Crippen molar-refractivity contribution in [2.75, 3.05) is 25.0 Å². The minimum absolute atomic E-state index is 0.0499. The van der Waals surface area contributed by atoms with Crippen molar-refractivity contribution in [1.29, 1.82) is 0 Å². The summed E-state index contributed by atoms with van der Waals surface area (Å²) in [7, 11) is 0. The van der Waals surface area contributed by atoms with Crippen LogP contribution in [0.1, 0.15) is 38.5 Å². The maximum atomic E-state index is 13.1. The molecule has 1 aromatic carbocycles. The second kappa shape index (κ2) is 8.58. The molecule has 2 fully saturated rings. The van der Waals surface area contributed by atoms with Gasteiger partial charge in [0.05, 0.1) is 0 Å². The van der Waals surface area contributed by atoms with E-state index in [2.05, 4.69) is 15.5 Å². The Labute approximate surface area is 152 Å². The quantitative estimate of drug-likeness (QED) is 0.807. The molecule has 0 unspecified atom stereocenters. The molecule has 142 valence electrons. The van der Waals surface area contributed by atoms with Crippen LogP contribution in [0.4, 0.5) is 14.5 Å². The van der Waals surface area contributed by atoms with Crippen LogP contribution in [-0.4, -0.2) is 42.4 Å². The molecule has 2 N–H and O–H groups in total. The van der Waals surface area contributed by atoms with Crippen LogP contribution in [0.3, 0.4) is 0 Å². The lowest BCUT2D eigenvalue weighted by molar-refractivity contribution is -0.136. The van der Waals surface area contributed by atoms with E-state index in [9.17, 15) is 18.4 Å². The Balaban J connectivity index is 1.39. The first-order valence-corrected chi connectivity index (χ1v) is 9.31. The van der Waals surface area contributed by atoms with Crippen LogP contribution in [-0.2, 0) is 9.59 Å². The fourth-order valence-corrected chi connectivity index (χ4v) is 3.87. The molecule has 0 atom stereocenters. The minimum Gasteiger partial charge on any atom is -0.348 e. The summed E-state index contributed by atoms with van der Waals surface area (Å²) in [5, 5.41) is 4.92. The first-order chi connectivity index (χ1) is 12.5. The monoisotopic (exact) mass is 365 g/mol. The van der Waals surface area contributed by atoms with Crippen molar-refractivity contribution in [2.24, 2.45) is 5.92 Å². The lowest BCUT2D eigenvalue weighted by atomic mass is 9.95. The average Bonchev–Trinajstić information content (AvgIpc) is 3.18. The number of benzene rings is 1. The summed E-state index contributed by atoms with van der Waals surface area (Å²) in [5.74, 6) is -3.34. The third-order valence-electron chi connectivity index (χ3n) is 5.43. The summed E-state index contributed by atoms with van der Waals surface area (Å²) in [4.78, 5) is 26.3. The highest BCUT2D eigenvalue weighted by atomic mass is 19.2. The van der Waals surface area contributed by atoms with E-state index >= 15 is 0 Å². The fourth-order valence-electron chi connectivity index (χ4n) is 3.87. The van der Waals surface area contributed by atoms with Crippen molar-refractivity contribution >= 4 is 17.5 Å². The molecule has 0 spiro atoms. The molecule has 26 heavy (non-hydrogen) atoms. The van der Waals surface area contributed by atoms with Crippen molar-refractivity contribution in [3.05, 3.63) is 29.8 Å². The maximum absolute atomic E-state index is 13.1. The summed E-state index contributed by atoms with van der Waals surface area (Å²) in [6.07, 6.45) is 7.28. The number of carbonyl (C=O) groups excluding carboxylic acids is 2. The number of amides is 2. The van der Waals surface area contributed by atoms with Crippen molar-refractivity contribution in [2.45, 2.75) is 44.6 Å². The third-order valence-corrected chi connectivity index (χ3v) is 5.43. The van der Waals surface area contributed by atoms with Gasteiger partial charge in [-0.15, -0.1) is 0 Å². The number of anilines is 1. The highest BCUT2D eigenvalue weighted by molar-refractivity contribution is 6.39. The van der Waals surface area contributed by atoms with Gasteiger partial charge in [-0.2, -0.15) is 0 Å². The third kappa shape index (κ3) is 4.78. The Morgan fingerprint density at radius 3 is 2.35 bits per heavy atom. The molecule has 5 nitrogen and oxygen atoms in total. The van der Waals surface area contributed by atoms with Gasteiger partial charge >= 0.3 is 11.8 Å². The smallest absolute Gasteiger partial charge is 0.313 e. The topological polar surface area (TPSA) is 61.4 Å². The Hall–Kier alpha value is -2.02. The van der Waals surface area contributed by atoms with Gasteiger partial charge in [-0.25, -0.2) is 8.78 Å². The lowest BCUT2D eigenvalue weighted by Crippen LogP contribution is -2.44. The number of halogens is 2. The molecule has 0 bridgehead atoms. The Kier molecular flexibility index (Phi) is 6.19. The van der Waals surface area contributed by atoms with Gasteiger partial charge in [0.2, 0.25) is 0 Å². The first-order valence-electron chi connectivity index (χ1n) is 9.31. The molecule has 3 rings (SSSR count). The number of hydrogen-bond acceptors (Lipinski definition) is 3. The van der Waals surface area contributed by atoms with E-state index in [1.54, 1.807) is 0 Å². The molecule has 1 aliphatic carbocycles. The van der Waals surface area contributed by atoms with Crippen LogP contribution >= 0.6 is 0 Å². The molecule has 0 aromatic heterocycles. The van der Waals surface area contributed by atoms with Crippen LogP contribution in [0.15, 0.2) is 18.2 Å². The Bertz CT molecular complexity index is 654. The molecule has 2 amide bonds. The van der Waals surface area contributed by atoms with E-state index < -0.39 is 23.4 Å². The maximum Gasteiger partial charge on any atom is 0.313 e.